The topological polar surface area (TPSA) is 50.1 Å². The Kier molecular flexibility index (Phi) is 4.02. The first-order chi connectivity index (χ1) is 9.81. The largest absolute Gasteiger partial charge is 0.444 e. The fourth-order valence-electron chi connectivity index (χ4n) is 2.82. The normalized spacial score (nSPS) is 19.9. The van der Waals surface area contributed by atoms with Crippen LogP contribution in [-0.4, -0.2) is 23.6 Å². The van der Waals surface area contributed by atoms with Crippen LogP contribution in [0.2, 0.25) is 0 Å². The summed E-state index contributed by atoms with van der Waals surface area (Å²) in [5.41, 5.74) is 2.21. The van der Waals surface area contributed by atoms with Crippen molar-refractivity contribution in [3.63, 3.8) is 0 Å². The summed E-state index contributed by atoms with van der Waals surface area (Å²) in [4.78, 5) is 3.94. The molecule has 1 fully saturated rings. The van der Waals surface area contributed by atoms with E-state index in [4.69, 9.17) is 4.42 Å². The molecular weight excluding hydrogens is 250 g/mol. The second kappa shape index (κ2) is 6.09. The highest BCUT2D eigenvalue weighted by atomic mass is 16.3. The van der Waals surface area contributed by atoms with E-state index in [0.29, 0.717) is 12.1 Å². The molecule has 4 nitrogen and oxygen atoms in total. The van der Waals surface area contributed by atoms with E-state index in [0.717, 1.165) is 17.0 Å². The summed E-state index contributed by atoms with van der Waals surface area (Å²) in [7, 11) is 0. The molecule has 0 saturated carbocycles. The third-order valence-corrected chi connectivity index (χ3v) is 3.82. The molecule has 0 amide bonds. The number of nitrogens with zero attached hydrogens (tertiary/aromatic N) is 1. The predicted molar refractivity (Wildman–Crippen MR) is 80.7 cm³/mol. The smallest absolute Gasteiger partial charge is 0.181 e. The first-order valence-corrected chi connectivity index (χ1v) is 7.30. The standard InChI is InChI=1S/C16H21N3O/c1-12(9-15-3-2-8-18-15)19-14-6-4-13(5-7-14)16-10-17-11-20-16/h4-7,10-12,15,18-19H,2-3,8-9H2,1H3. The molecule has 0 aliphatic carbocycles. The van der Waals surface area contributed by atoms with Gasteiger partial charge in [-0.1, -0.05) is 0 Å². The molecule has 1 aliphatic rings. The van der Waals surface area contributed by atoms with Crippen molar-refractivity contribution in [2.45, 2.75) is 38.3 Å². The molecule has 4 heteroatoms. The van der Waals surface area contributed by atoms with Gasteiger partial charge in [-0.05, 0) is 57.0 Å². The van der Waals surface area contributed by atoms with Gasteiger partial charge in [-0.3, -0.25) is 0 Å². The van der Waals surface area contributed by atoms with Crippen molar-refractivity contribution in [1.82, 2.24) is 10.3 Å². The van der Waals surface area contributed by atoms with Gasteiger partial charge in [0.15, 0.2) is 12.2 Å². The van der Waals surface area contributed by atoms with Crippen LogP contribution < -0.4 is 10.6 Å². The lowest BCUT2D eigenvalue weighted by Gasteiger charge is -2.19. The zero-order valence-corrected chi connectivity index (χ0v) is 11.8. The van der Waals surface area contributed by atoms with E-state index >= 15 is 0 Å². The molecule has 1 aliphatic heterocycles. The monoisotopic (exact) mass is 271 g/mol. The van der Waals surface area contributed by atoms with Crippen molar-refractivity contribution in [2.24, 2.45) is 0 Å². The fourth-order valence-corrected chi connectivity index (χ4v) is 2.82. The Bertz CT molecular complexity index is 515. The molecule has 0 spiro atoms. The van der Waals surface area contributed by atoms with Crippen molar-refractivity contribution in [2.75, 3.05) is 11.9 Å². The fraction of sp³-hybridized carbons (Fsp3) is 0.438. The van der Waals surface area contributed by atoms with E-state index in [1.165, 1.54) is 32.2 Å². The van der Waals surface area contributed by atoms with E-state index in [2.05, 4.69) is 46.8 Å². The predicted octanol–water partition coefficient (Wildman–Crippen LogP) is 3.28. The highest BCUT2D eigenvalue weighted by Gasteiger charge is 2.16. The summed E-state index contributed by atoms with van der Waals surface area (Å²) in [6.07, 6.45) is 6.97. The van der Waals surface area contributed by atoms with Crippen LogP contribution in [0.1, 0.15) is 26.2 Å². The van der Waals surface area contributed by atoms with Gasteiger partial charge in [0.25, 0.3) is 0 Å². The number of nitrogens with one attached hydrogen (secondary N) is 2. The Labute approximate surface area is 119 Å². The minimum Gasteiger partial charge on any atom is -0.444 e. The van der Waals surface area contributed by atoms with Crippen molar-refractivity contribution < 1.29 is 4.42 Å². The van der Waals surface area contributed by atoms with Crippen molar-refractivity contribution in [3.8, 4) is 11.3 Å². The van der Waals surface area contributed by atoms with E-state index in [9.17, 15) is 0 Å². The summed E-state index contributed by atoms with van der Waals surface area (Å²) in [5.74, 6) is 0.805. The Balaban J connectivity index is 1.57. The summed E-state index contributed by atoms with van der Waals surface area (Å²) in [6, 6.07) is 9.45. The number of hydrogen-bond acceptors (Lipinski definition) is 4. The van der Waals surface area contributed by atoms with Crippen molar-refractivity contribution >= 4 is 5.69 Å². The van der Waals surface area contributed by atoms with Gasteiger partial charge in [0.05, 0.1) is 6.20 Å². The lowest BCUT2D eigenvalue weighted by Crippen LogP contribution is -2.29. The number of hydrogen-bond donors (Lipinski definition) is 2. The lowest BCUT2D eigenvalue weighted by atomic mass is 10.1. The van der Waals surface area contributed by atoms with Crippen LogP contribution in [0.4, 0.5) is 5.69 Å². The average molecular weight is 271 g/mol. The molecule has 0 bridgehead atoms. The van der Waals surface area contributed by atoms with E-state index in [-0.39, 0.29) is 0 Å². The summed E-state index contributed by atoms with van der Waals surface area (Å²) < 4.78 is 5.29. The Morgan fingerprint density at radius 3 is 2.90 bits per heavy atom. The van der Waals surface area contributed by atoms with E-state index < -0.39 is 0 Å². The van der Waals surface area contributed by atoms with Gasteiger partial charge in [0.1, 0.15) is 0 Å². The molecule has 2 heterocycles. The van der Waals surface area contributed by atoms with Gasteiger partial charge in [-0.25, -0.2) is 4.98 Å². The molecule has 1 saturated heterocycles. The molecule has 106 valence electrons. The van der Waals surface area contributed by atoms with Crippen LogP contribution in [-0.2, 0) is 0 Å². The van der Waals surface area contributed by atoms with Gasteiger partial charge in [-0.2, -0.15) is 0 Å². The maximum atomic E-state index is 5.29. The van der Waals surface area contributed by atoms with Crippen LogP contribution in [0.5, 0.6) is 0 Å². The molecule has 1 aromatic carbocycles. The van der Waals surface area contributed by atoms with E-state index in [1.54, 1.807) is 6.20 Å². The zero-order valence-electron chi connectivity index (χ0n) is 11.8. The zero-order chi connectivity index (χ0) is 13.8. The van der Waals surface area contributed by atoms with Gasteiger partial charge < -0.3 is 15.1 Å². The van der Waals surface area contributed by atoms with Crippen LogP contribution in [0, 0.1) is 0 Å². The third kappa shape index (κ3) is 3.20. The number of rotatable bonds is 5. The third-order valence-electron chi connectivity index (χ3n) is 3.82. The molecule has 0 radical (unpaired) electrons. The molecule has 3 rings (SSSR count). The molecule has 2 N–H and O–H groups in total. The lowest BCUT2D eigenvalue weighted by molar-refractivity contribution is 0.523. The molecule has 2 unspecified atom stereocenters. The number of oxazole rings is 1. The first kappa shape index (κ1) is 13.2. The van der Waals surface area contributed by atoms with Gasteiger partial charge in [0.2, 0.25) is 0 Å². The number of anilines is 1. The molecule has 1 aromatic heterocycles. The number of aromatic nitrogens is 1. The Morgan fingerprint density at radius 2 is 2.25 bits per heavy atom. The van der Waals surface area contributed by atoms with Crippen LogP contribution >= 0.6 is 0 Å². The summed E-state index contributed by atoms with van der Waals surface area (Å²) in [5, 5.41) is 7.10. The minimum absolute atomic E-state index is 0.474. The van der Waals surface area contributed by atoms with Crippen molar-refractivity contribution in [1.29, 1.82) is 0 Å². The quantitative estimate of drug-likeness (QED) is 0.876. The molecule has 2 atom stereocenters. The highest BCUT2D eigenvalue weighted by Crippen LogP contribution is 2.21. The Hall–Kier alpha value is -1.81. The van der Waals surface area contributed by atoms with Gasteiger partial charge >= 0.3 is 0 Å². The van der Waals surface area contributed by atoms with Crippen molar-refractivity contribution in [3.05, 3.63) is 36.9 Å². The second-order valence-corrected chi connectivity index (χ2v) is 5.52. The van der Waals surface area contributed by atoms with Crippen LogP contribution in [0.3, 0.4) is 0 Å². The first-order valence-electron chi connectivity index (χ1n) is 7.30. The van der Waals surface area contributed by atoms with Crippen LogP contribution in [0.25, 0.3) is 11.3 Å². The summed E-state index contributed by atoms with van der Waals surface area (Å²) >= 11 is 0. The van der Waals surface area contributed by atoms with Gasteiger partial charge in [-0.15, -0.1) is 0 Å². The minimum atomic E-state index is 0.474. The van der Waals surface area contributed by atoms with Crippen LogP contribution in [0.15, 0.2) is 41.3 Å². The maximum Gasteiger partial charge on any atom is 0.181 e. The van der Waals surface area contributed by atoms with Gasteiger partial charge in [0, 0.05) is 23.3 Å². The molecular formula is C16H21N3O. The Morgan fingerprint density at radius 1 is 1.40 bits per heavy atom. The highest BCUT2D eigenvalue weighted by molar-refractivity contribution is 5.60. The second-order valence-electron chi connectivity index (χ2n) is 5.52. The van der Waals surface area contributed by atoms with E-state index in [1.807, 2.05) is 0 Å². The average Bonchev–Trinajstić information content (AvgIpc) is 3.12. The summed E-state index contributed by atoms with van der Waals surface area (Å²) in [6.45, 7) is 3.41. The molecule has 2 aromatic rings. The molecule has 20 heavy (non-hydrogen) atoms. The number of benzene rings is 1. The maximum absolute atomic E-state index is 5.29. The SMILES string of the molecule is CC(CC1CCCN1)Nc1ccc(-c2cnco2)cc1.